The lowest BCUT2D eigenvalue weighted by Gasteiger charge is -2.26. The minimum atomic E-state index is -3.52. The highest BCUT2D eigenvalue weighted by Gasteiger charge is 2.26. The number of aromatic nitrogens is 2. The van der Waals surface area contributed by atoms with E-state index in [1.807, 2.05) is 0 Å². The number of amides is 1. The lowest BCUT2D eigenvalue weighted by molar-refractivity contribution is -0.116. The highest BCUT2D eigenvalue weighted by atomic mass is 32.2. The first-order valence-corrected chi connectivity index (χ1v) is 8.93. The number of carbonyl (C=O) groups excluding carboxylic acids is 1. The number of anilines is 1. The Morgan fingerprint density at radius 2 is 1.92 bits per heavy atom. The summed E-state index contributed by atoms with van der Waals surface area (Å²) in [5, 5.41) is 2.72. The summed E-state index contributed by atoms with van der Waals surface area (Å²) in [7, 11) is -3.52. The summed E-state index contributed by atoms with van der Waals surface area (Å²) < 4.78 is 33.2. The summed E-state index contributed by atoms with van der Waals surface area (Å²) in [5.74, 6) is -0.211. The van der Waals surface area contributed by atoms with Crippen LogP contribution >= 0.6 is 0 Å². The van der Waals surface area contributed by atoms with Gasteiger partial charge in [0.25, 0.3) is 0 Å². The van der Waals surface area contributed by atoms with Gasteiger partial charge in [0.2, 0.25) is 15.9 Å². The molecule has 3 rings (SSSR count). The number of imidazole rings is 1. The summed E-state index contributed by atoms with van der Waals surface area (Å²) in [6, 6.07) is 6.16. The van der Waals surface area contributed by atoms with Gasteiger partial charge in [-0.1, -0.05) is 0 Å². The molecule has 1 aromatic carbocycles. The lowest BCUT2D eigenvalue weighted by Crippen LogP contribution is -2.40. The maximum atomic E-state index is 12.5. The predicted molar refractivity (Wildman–Crippen MR) is 86.9 cm³/mol. The fourth-order valence-electron chi connectivity index (χ4n) is 2.39. The van der Waals surface area contributed by atoms with Crippen LogP contribution in [0.1, 0.15) is 0 Å². The standard InChI is InChI=1S/C15H18N4O4S/c20-15(11-18-6-5-16-12-18)17-13-1-3-14(4-2-13)24(21,22)19-7-9-23-10-8-19/h1-6,12H,7-11H2,(H,17,20). The minimum Gasteiger partial charge on any atom is -0.379 e. The van der Waals surface area contributed by atoms with E-state index in [0.717, 1.165) is 0 Å². The van der Waals surface area contributed by atoms with E-state index in [9.17, 15) is 13.2 Å². The fourth-order valence-corrected chi connectivity index (χ4v) is 3.80. The van der Waals surface area contributed by atoms with Crippen molar-refractivity contribution < 1.29 is 17.9 Å². The van der Waals surface area contributed by atoms with E-state index in [2.05, 4.69) is 10.3 Å². The number of hydrogen-bond acceptors (Lipinski definition) is 5. The highest BCUT2D eigenvalue weighted by molar-refractivity contribution is 7.89. The predicted octanol–water partition coefficient (Wildman–Crippen LogP) is 0.543. The van der Waals surface area contributed by atoms with Crippen LogP contribution < -0.4 is 5.32 Å². The van der Waals surface area contributed by atoms with Crippen LogP contribution in [0, 0.1) is 0 Å². The van der Waals surface area contributed by atoms with Crippen LogP contribution in [0.4, 0.5) is 5.69 Å². The van der Waals surface area contributed by atoms with Crippen molar-refractivity contribution >= 4 is 21.6 Å². The molecule has 0 spiro atoms. The number of morpholine rings is 1. The van der Waals surface area contributed by atoms with Gasteiger partial charge in [0.05, 0.1) is 24.4 Å². The Hall–Kier alpha value is -2.23. The maximum absolute atomic E-state index is 12.5. The van der Waals surface area contributed by atoms with Crippen molar-refractivity contribution in [2.24, 2.45) is 0 Å². The molecule has 1 aliphatic heterocycles. The van der Waals surface area contributed by atoms with E-state index >= 15 is 0 Å². The number of nitrogens with zero attached hydrogens (tertiary/aromatic N) is 3. The van der Waals surface area contributed by atoms with Crippen molar-refractivity contribution in [2.45, 2.75) is 11.4 Å². The van der Waals surface area contributed by atoms with Crippen molar-refractivity contribution in [3.8, 4) is 0 Å². The molecular weight excluding hydrogens is 332 g/mol. The molecule has 0 bridgehead atoms. The van der Waals surface area contributed by atoms with Gasteiger partial charge in [0, 0.05) is 31.2 Å². The summed E-state index contributed by atoms with van der Waals surface area (Å²) in [6.07, 6.45) is 4.84. The van der Waals surface area contributed by atoms with E-state index in [1.54, 1.807) is 35.4 Å². The van der Waals surface area contributed by atoms with Gasteiger partial charge in [-0.15, -0.1) is 0 Å². The third-order valence-corrected chi connectivity index (χ3v) is 5.54. The SMILES string of the molecule is O=C(Cn1ccnc1)Nc1ccc(S(=O)(=O)N2CCOCC2)cc1. The molecule has 2 heterocycles. The molecule has 0 atom stereocenters. The van der Waals surface area contributed by atoms with Crippen LogP contribution in [0.2, 0.25) is 0 Å². The van der Waals surface area contributed by atoms with Gasteiger partial charge in [-0.3, -0.25) is 4.79 Å². The molecule has 8 nitrogen and oxygen atoms in total. The Morgan fingerprint density at radius 1 is 1.21 bits per heavy atom. The Balaban J connectivity index is 1.65. The number of ether oxygens (including phenoxy) is 1. The number of nitrogens with one attached hydrogen (secondary N) is 1. The largest absolute Gasteiger partial charge is 0.379 e. The molecule has 1 aromatic heterocycles. The molecule has 9 heteroatoms. The third-order valence-electron chi connectivity index (χ3n) is 3.63. The van der Waals surface area contributed by atoms with Crippen molar-refractivity contribution in [1.29, 1.82) is 0 Å². The Morgan fingerprint density at radius 3 is 2.54 bits per heavy atom. The number of hydrogen-bond donors (Lipinski definition) is 1. The van der Waals surface area contributed by atoms with Crippen molar-refractivity contribution in [3.05, 3.63) is 43.0 Å². The lowest BCUT2D eigenvalue weighted by atomic mass is 10.3. The minimum absolute atomic E-state index is 0.147. The van der Waals surface area contributed by atoms with Gasteiger partial charge in [-0.05, 0) is 24.3 Å². The van der Waals surface area contributed by atoms with Crippen LogP contribution in [0.15, 0.2) is 47.9 Å². The second kappa shape index (κ2) is 7.12. The average molecular weight is 350 g/mol. The van der Waals surface area contributed by atoms with Gasteiger partial charge in [-0.25, -0.2) is 13.4 Å². The van der Waals surface area contributed by atoms with Gasteiger partial charge in [0.1, 0.15) is 6.54 Å². The summed E-state index contributed by atoms with van der Waals surface area (Å²) in [5.41, 5.74) is 0.543. The second-order valence-electron chi connectivity index (χ2n) is 5.32. The molecule has 1 saturated heterocycles. The molecule has 128 valence electrons. The van der Waals surface area contributed by atoms with Crippen LogP contribution in [-0.2, 0) is 26.1 Å². The summed E-state index contributed by atoms with van der Waals surface area (Å²) in [4.78, 5) is 16.0. The topological polar surface area (TPSA) is 93.5 Å². The molecule has 0 radical (unpaired) electrons. The molecule has 2 aromatic rings. The maximum Gasteiger partial charge on any atom is 0.244 e. The van der Waals surface area contributed by atoms with E-state index < -0.39 is 10.0 Å². The Labute approximate surface area is 140 Å². The highest BCUT2D eigenvalue weighted by Crippen LogP contribution is 2.19. The smallest absolute Gasteiger partial charge is 0.244 e. The summed E-state index contributed by atoms with van der Waals surface area (Å²) in [6.45, 7) is 1.66. The van der Waals surface area contributed by atoms with E-state index in [0.29, 0.717) is 32.0 Å². The Kier molecular flexibility index (Phi) is 4.93. The van der Waals surface area contributed by atoms with Crippen LogP contribution in [-0.4, -0.2) is 54.5 Å². The Bertz CT molecular complexity index is 781. The second-order valence-corrected chi connectivity index (χ2v) is 7.26. The first-order valence-electron chi connectivity index (χ1n) is 7.49. The quantitative estimate of drug-likeness (QED) is 0.850. The zero-order valence-electron chi connectivity index (χ0n) is 13.0. The van der Waals surface area contributed by atoms with Crippen molar-refractivity contribution in [1.82, 2.24) is 13.9 Å². The van der Waals surface area contributed by atoms with E-state index in [1.165, 1.54) is 16.4 Å². The summed E-state index contributed by atoms with van der Waals surface area (Å²) >= 11 is 0. The third kappa shape index (κ3) is 3.81. The molecular formula is C15H18N4O4S. The first-order chi connectivity index (χ1) is 11.6. The molecule has 1 N–H and O–H groups in total. The van der Waals surface area contributed by atoms with Crippen LogP contribution in [0.25, 0.3) is 0 Å². The molecule has 0 unspecified atom stereocenters. The van der Waals surface area contributed by atoms with Crippen LogP contribution in [0.5, 0.6) is 0 Å². The molecule has 1 fully saturated rings. The van der Waals surface area contributed by atoms with E-state index in [4.69, 9.17) is 4.74 Å². The molecule has 0 aliphatic carbocycles. The van der Waals surface area contributed by atoms with Crippen molar-refractivity contribution in [2.75, 3.05) is 31.6 Å². The van der Waals surface area contributed by atoms with Gasteiger partial charge in [-0.2, -0.15) is 4.31 Å². The van der Waals surface area contributed by atoms with Crippen LogP contribution in [0.3, 0.4) is 0 Å². The zero-order valence-corrected chi connectivity index (χ0v) is 13.8. The average Bonchev–Trinajstić information content (AvgIpc) is 3.09. The van der Waals surface area contributed by atoms with Crippen molar-refractivity contribution in [3.63, 3.8) is 0 Å². The number of rotatable bonds is 5. The molecule has 24 heavy (non-hydrogen) atoms. The fraction of sp³-hybridized carbons (Fsp3) is 0.333. The monoisotopic (exact) mass is 350 g/mol. The zero-order chi connectivity index (χ0) is 17.0. The molecule has 0 saturated carbocycles. The number of carbonyl (C=O) groups is 1. The number of benzene rings is 1. The van der Waals surface area contributed by atoms with Gasteiger partial charge in [0.15, 0.2) is 0 Å². The molecule has 1 amide bonds. The van der Waals surface area contributed by atoms with Gasteiger partial charge >= 0.3 is 0 Å². The number of sulfonamides is 1. The van der Waals surface area contributed by atoms with Gasteiger partial charge < -0.3 is 14.6 Å². The first kappa shape index (κ1) is 16.6. The normalized spacial score (nSPS) is 16.0. The molecule has 1 aliphatic rings. The van der Waals surface area contributed by atoms with E-state index in [-0.39, 0.29) is 17.3 Å².